The van der Waals surface area contributed by atoms with Gasteiger partial charge in [-0.05, 0) is 65.2 Å². The molecule has 0 unspecified atom stereocenters. The molecular weight excluding hydrogens is 450 g/mol. The van der Waals surface area contributed by atoms with Gasteiger partial charge in [0, 0.05) is 32.8 Å². The number of fused-ring (bicyclic) bond motifs is 7. The Bertz CT molecular complexity index is 2110. The molecule has 2 nitrogen and oxygen atoms in total. The van der Waals surface area contributed by atoms with Crippen LogP contribution in [0.1, 0.15) is 5.56 Å². The molecule has 0 aliphatic heterocycles. The highest BCUT2D eigenvalue weighted by molar-refractivity contribution is 6.14. The number of hydrogen-bond acceptors (Lipinski definition) is 1. The van der Waals surface area contributed by atoms with Crippen molar-refractivity contribution in [2.45, 2.75) is 6.92 Å². The van der Waals surface area contributed by atoms with Gasteiger partial charge in [0.05, 0.1) is 11.0 Å². The maximum absolute atomic E-state index is 6.57. The second-order valence-corrected chi connectivity index (χ2v) is 9.85. The summed E-state index contributed by atoms with van der Waals surface area (Å²) >= 11 is 0. The molecule has 37 heavy (non-hydrogen) atoms. The summed E-state index contributed by atoms with van der Waals surface area (Å²) in [6.45, 7) is 2.17. The molecule has 0 saturated carbocycles. The summed E-state index contributed by atoms with van der Waals surface area (Å²) in [6.07, 6.45) is 0. The lowest BCUT2D eigenvalue weighted by Crippen LogP contribution is -1.95. The van der Waals surface area contributed by atoms with Crippen LogP contribution in [-0.4, -0.2) is 4.57 Å². The molecule has 2 aromatic heterocycles. The average Bonchev–Trinajstić information content (AvgIpc) is 3.49. The average molecular weight is 474 g/mol. The zero-order valence-electron chi connectivity index (χ0n) is 20.4. The Balaban J connectivity index is 1.54. The molecule has 0 aliphatic carbocycles. The van der Waals surface area contributed by atoms with Crippen molar-refractivity contribution >= 4 is 54.5 Å². The van der Waals surface area contributed by atoms with Gasteiger partial charge >= 0.3 is 0 Å². The van der Waals surface area contributed by atoms with Gasteiger partial charge in [0.2, 0.25) is 0 Å². The number of benzene rings is 6. The molecule has 0 spiro atoms. The number of nitrogens with zero attached hydrogens (tertiary/aromatic N) is 1. The molecule has 0 bridgehead atoms. The van der Waals surface area contributed by atoms with Crippen molar-refractivity contribution in [3.05, 3.63) is 127 Å². The first kappa shape index (κ1) is 20.4. The molecule has 0 saturated heterocycles. The van der Waals surface area contributed by atoms with Crippen molar-refractivity contribution in [2.24, 2.45) is 0 Å². The van der Waals surface area contributed by atoms with Crippen molar-refractivity contribution in [3.8, 4) is 16.8 Å². The maximum Gasteiger partial charge on any atom is 0.143 e. The molecule has 0 aliphatic rings. The van der Waals surface area contributed by atoms with E-state index in [4.69, 9.17) is 4.42 Å². The molecule has 0 fully saturated rings. The Morgan fingerprint density at radius 3 is 2.05 bits per heavy atom. The molecule has 8 aromatic rings. The normalized spacial score (nSPS) is 11.9. The SMILES string of the molecule is Cc1cccc2oc3c(-c4ccc5ccccc5c4)cc(-n4c5ccccc5c5ccccc54)cc3c12. The standard InChI is InChI=1S/C35H23NO/c1-22-9-8-16-33-34(22)30-21-26(36-31-14-6-4-12-27(31)28-13-5-7-15-32(28)36)20-29(35(30)37-33)25-18-17-23-10-2-3-11-24(23)19-25/h2-21H,1H3. The fraction of sp³-hybridized carbons (Fsp3) is 0.0286. The molecule has 0 radical (unpaired) electrons. The van der Waals surface area contributed by atoms with E-state index >= 15 is 0 Å². The van der Waals surface area contributed by atoms with Gasteiger partial charge in [-0.3, -0.25) is 0 Å². The molecule has 0 N–H and O–H groups in total. The highest BCUT2D eigenvalue weighted by atomic mass is 16.3. The van der Waals surface area contributed by atoms with Crippen molar-refractivity contribution < 1.29 is 4.42 Å². The van der Waals surface area contributed by atoms with E-state index in [-0.39, 0.29) is 0 Å². The van der Waals surface area contributed by atoms with Crippen LogP contribution in [0.5, 0.6) is 0 Å². The third-order valence-corrected chi connectivity index (χ3v) is 7.69. The van der Waals surface area contributed by atoms with E-state index in [1.165, 1.54) is 43.5 Å². The summed E-state index contributed by atoms with van der Waals surface area (Å²) in [5, 5.41) is 7.32. The van der Waals surface area contributed by atoms with E-state index in [9.17, 15) is 0 Å². The van der Waals surface area contributed by atoms with Crippen LogP contribution in [0.2, 0.25) is 0 Å². The highest BCUT2D eigenvalue weighted by Crippen LogP contribution is 2.41. The first-order valence-electron chi connectivity index (χ1n) is 12.7. The first-order valence-corrected chi connectivity index (χ1v) is 12.7. The third kappa shape index (κ3) is 2.93. The van der Waals surface area contributed by atoms with Gasteiger partial charge in [0.15, 0.2) is 0 Å². The smallest absolute Gasteiger partial charge is 0.143 e. The lowest BCUT2D eigenvalue weighted by atomic mass is 9.97. The van der Waals surface area contributed by atoms with Crippen molar-refractivity contribution in [2.75, 3.05) is 0 Å². The molecular formula is C35H23NO. The predicted molar refractivity (Wildman–Crippen MR) is 156 cm³/mol. The van der Waals surface area contributed by atoms with E-state index in [0.29, 0.717) is 0 Å². The molecule has 6 aromatic carbocycles. The summed E-state index contributed by atoms with van der Waals surface area (Å²) in [7, 11) is 0. The van der Waals surface area contributed by atoms with Crippen LogP contribution in [0, 0.1) is 6.92 Å². The van der Waals surface area contributed by atoms with Gasteiger partial charge in [-0.1, -0.05) is 84.9 Å². The highest BCUT2D eigenvalue weighted by Gasteiger charge is 2.19. The van der Waals surface area contributed by atoms with Crippen LogP contribution in [0.15, 0.2) is 126 Å². The Labute approximate surface area is 214 Å². The topological polar surface area (TPSA) is 18.1 Å². The molecule has 174 valence electrons. The fourth-order valence-corrected chi connectivity index (χ4v) is 5.99. The van der Waals surface area contributed by atoms with Gasteiger partial charge in [-0.2, -0.15) is 0 Å². The zero-order valence-corrected chi connectivity index (χ0v) is 20.4. The molecule has 2 heteroatoms. The number of rotatable bonds is 2. The fourth-order valence-electron chi connectivity index (χ4n) is 5.99. The van der Waals surface area contributed by atoms with Crippen molar-refractivity contribution in [1.29, 1.82) is 0 Å². The third-order valence-electron chi connectivity index (χ3n) is 7.69. The minimum Gasteiger partial charge on any atom is -0.455 e. The Hall–Kier alpha value is -4.82. The Morgan fingerprint density at radius 2 is 1.27 bits per heavy atom. The molecule has 2 heterocycles. The van der Waals surface area contributed by atoms with Gasteiger partial charge in [-0.15, -0.1) is 0 Å². The van der Waals surface area contributed by atoms with Crippen LogP contribution >= 0.6 is 0 Å². The largest absolute Gasteiger partial charge is 0.455 e. The summed E-state index contributed by atoms with van der Waals surface area (Å²) in [5.74, 6) is 0. The second kappa shape index (κ2) is 7.59. The summed E-state index contributed by atoms with van der Waals surface area (Å²) in [5.41, 5.74) is 8.90. The van der Waals surface area contributed by atoms with E-state index in [1.54, 1.807) is 0 Å². The van der Waals surface area contributed by atoms with E-state index in [1.807, 2.05) is 0 Å². The minimum atomic E-state index is 0.927. The summed E-state index contributed by atoms with van der Waals surface area (Å²) < 4.78 is 8.96. The van der Waals surface area contributed by atoms with Crippen LogP contribution in [0.3, 0.4) is 0 Å². The zero-order chi connectivity index (χ0) is 24.5. The van der Waals surface area contributed by atoms with E-state index < -0.39 is 0 Å². The Kier molecular flexibility index (Phi) is 4.18. The molecule has 8 rings (SSSR count). The monoisotopic (exact) mass is 473 g/mol. The lowest BCUT2D eigenvalue weighted by Gasteiger charge is -2.12. The maximum atomic E-state index is 6.57. The minimum absolute atomic E-state index is 0.927. The Morgan fingerprint density at radius 1 is 0.568 bits per heavy atom. The van der Waals surface area contributed by atoms with Crippen LogP contribution in [0.25, 0.3) is 71.3 Å². The predicted octanol–water partition coefficient (Wildman–Crippen LogP) is 9.81. The quantitative estimate of drug-likeness (QED) is 0.244. The van der Waals surface area contributed by atoms with Gasteiger partial charge in [0.25, 0.3) is 0 Å². The van der Waals surface area contributed by atoms with Crippen LogP contribution < -0.4 is 0 Å². The number of aryl methyl sites for hydroxylation is 1. The number of hydrogen-bond donors (Lipinski definition) is 0. The number of aromatic nitrogens is 1. The lowest BCUT2D eigenvalue weighted by molar-refractivity contribution is 0.670. The number of furan rings is 1. The first-order chi connectivity index (χ1) is 18.3. The van der Waals surface area contributed by atoms with Gasteiger partial charge in [0.1, 0.15) is 11.2 Å². The van der Waals surface area contributed by atoms with Crippen molar-refractivity contribution in [3.63, 3.8) is 0 Å². The van der Waals surface area contributed by atoms with E-state index in [2.05, 4.69) is 133 Å². The van der Waals surface area contributed by atoms with Crippen molar-refractivity contribution in [1.82, 2.24) is 4.57 Å². The summed E-state index contributed by atoms with van der Waals surface area (Å²) in [4.78, 5) is 0. The number of para-hydroxylation sites is 2. The van der Waals surface area contributed by atoms with Crippen LogP contribution in [-0.2, 0) is 0 Å². The second-order valence-electron chi connectivity index (χ2n) is 9.85. The molecule has 0 atom stereocenters. The molecule has 0 amide bonds. The van der Waals surface area contributed by atoms with E-state index in [0.717, 1.165) is 33.4 Å². The van der Waals surface area contributed by atoms with Gasteiger partial charge in [-0.25, -0.2) is 0 Å². The van der Waals surface area contributed by atoms with Crippen LogP contribution in [0.4, 0.5) is 0 Å². The van der Waals surface area contributed by atoms with Gasteiger partial charge < -0.3 is 8.98 Å². The summed E-state index contributed by atoms with van der Waals surface area (Å²) in [6, 6.07) is 43.5.